The zero-order valence-electron chi connectivity index (χ0n) is 10.1. The average Bonchev–Trinajstić information content (AvgIpc) is 2.78. The number of hydrogen-bond donors (Lipinski definition) is 3. The van der Waals surface area contributed by atoms with Gasteiger partial charge < -0.3 is 15.5 Å². The van der Waals surface area contributed by atoms with Gasteiger partial charge in [-0.3, -0.25) is 4.79 Å². The predicted octanol–water partition coefficient (Wildman–Crippen LogP) is 2.17. The highest BCUT2D eigenvalue weighted by molar-refractivity contribution is 6.30. The summed E-state index contributed by atoms with van der Waals surface area (Å²) >= 11 is 5.68. The summed E-state index contributed by atoms with van der Waals surface area (Å²) in [6.45, 7) is 0. The van der Waals surface area contributed by atoms with E-state index in [9.17, 15) is 19.8 Å². The fourth-order valence-corrected chi connectivity index (χ4v) is 2.52. The number of aromatic hydroxyl groups is 1. The van der Waals surface area contributed by atoms with Crippen molar-refractivity contribution in [3.63, 3.8) is 0 Å². The lowest BCUT2D eigenvalue weighted by atomic mass is 9.97. The van der Waals surface area contributed by atoms with Gasteiger partial charge in [-0.1, -0.05) is 24.4 Å². The molecule has 0 aromatic heterocycles. The van der Waals surface area contributed by atoms with Crippen molar-refractivity contribution in [1.82, 2.24) is 5.32 Å². The van der Waals surface area contributed by atoms with E-state index < -0.39 is 17.4 Å². The van der Waals surface area contributed by atoms with Gasteiger partial charge in [-0.15, -0.1) is 0 Å². The topological polar surface area (TPSA) is 86.6 Å². The summed E-state index contributed by atoms with van der Waals surface area (Å²) in [4.78, 5) is 23.4. The minimum absolute atomic E-state index is 0.0249. The predicted molar refractivity (Wildman–Crippen MR) is 69.4 cm³/mol. The van der Waals surface area contributed by atoms with Gasteiger partial charge in [0.25, 0.3) is 5.91 Å². The molecule has 1 aliphatic rings. The summed E-state index contributed by atoms with van der Waals surface area (Å²) in [7, 11) is 0. The van der Waals surface area contributed by atoms with E-state index >= 15 is 0 Å². The van der Waals surface area contributed by atoms with E-state index in [1.165, 1.54) is 18.2 Å². The number of rotatable bonds is 3. The van der Waals surface area contributed by atoms with Crippen LogP contribution in [0.1, 0.15) is 36.0 Å². The van der Waals surface area contributed by atoms with Crippen LogP contribution < -0.4 is 5.32 Å². The van der Waals surface area contributed by atoms with Crippen molar-refractivity contribution in [2.75, 3.05) is 0 Å². The molecule has 0 radical (unpaired) electrons. The molecule has 3 N–H and O–H groups in total. The highest BCUT2D eigenvalue weighted by Gasteiger charge is 2.42. The van der Waals surface area contributed by atoms with Crippen LogP contribution >= 0.6 is 11.6 Å². The molecule has 5 nitrogen and oxygen atoms in total. The second-order valence-electron chi connectivity index (χ2n) is 4.71. The Morgan fingerprint density at radius 2 is 1.89 bits per heavy atom. The molecule has 6 heteroatoms. The molecule has 1 amide bonds. The highest BCUT2D eigenvalue weighted by atomic mass is 35.5. The van der Waals surface area contributed by atoms with Crippen LogP contribution in [0, 0.1) is 0 Å². The van der Waals surface area contributed by atoms with Gasteiger partial charge in [-0.25, -0.2) is 4.79 Å². The molecular weight excluding hydrogens is 270 g/mol. The Labute approximate surface area is 115 Å². The maximum Gasteiger partial charge on any atom is 0.329 e. The number of carbonyl (C=O) groups excluding carboxylic acids is 1. The summed E-state index contributed by atoms with van der Waals surface area (Å²) in [5.74, 6) is -1.89. The van der Waals surface area contributed by atoms with Gasteiger partial charge in [0.1, 0.15) is 11.3 Å². The largest absolute Gasteiger partial charge is 0.507 e. The SMILES string of the molecule is O=C(NC1(C(=O)O)CCCC1)c1ccc(Cl)cc1O. The standard InChI is InChI=1S/C13H14ClNO4/c14-8-3-4-9(10(16)7-8)11(17)15-13(12(18)19)5-1-2-6-13/h3-4,7,16H,1-2,5-6H2,(H,15,17)(H,18,19). The number of halogens is 1. The molecule has 2 rings (SSSR count). The van der Waals surface area contributed by atoms with Gasteiger partial charge in [-0.05, 0) is 31.0 Å². The third-order valence-electron chi connectivity index (χ3n) is 3.42. The Bertz CT molecular complexity index is 523. The van der Waals surface area contributed by atoms with Gasteiger partial charge >= 0.3 is 5.97 Å². The Balaban J connectivity index is 2.22. The van der Waals surface area contributed by atoms with E-state index in [2.05, 4.69) is 5.32 Å². The Kier molecular flexibility index (Phi) is 3.66. The molecule has 0 spiro atoms. The minimum Gasteiger partial charge on any atom is -0.507 e. The molecular formula is C13H14ClNO4. The molecule has 0 heterocycles. The summed E-state index contributed by atoms with van der Waals surface area (Å²) in [6.07, 6.45) is 2.34. The number of phenolic OH excluding ortho intramolecular Hbond substituents is 1. The molecule has 1 aromatic rings. The first kappa shape index (κ1) is 13.7. The maximum atomic E-state index is 12.1. The Morgan fingerprint density at radius 1 is 1.26 bits per heavy atom. The van der Waals surface area contributed by atoms with Crippen LogP contribution in [0.25, 0.3) is 0 Å². The Hall–Kier alpha value is -1.75. The summed E-state index contributed by atoms with van der Waals surface area (Å²) in [5, 5.41) is 21.8. The first-order valence-electron chi connectivity index (χ1n) is 5.99. The van der Waals surface area contributed by atoms with E-state index in [0.717, 1.165) is 12.8 Å². The van der Waals surface area contributed by atoms with Gasteiger partial charge in [-0.2, -0.15) is 0 Å². The number of carboxylic acid groups (broad SMARTS) is 1. The molecule has 1 aromatic carbocycles. The van der Waals surface area contributed by atoms with Gasteiger partial charge in [0.2, 0.25) is 0 Å². The zero-order chi connectivity index (χ0) is 14.0. The first-order valence-corrected chi connectivity index (χ1v) is 6.37. The fourth-order valence-electron chi connectivity index (χ4n) is 2.35. The number of phenols is 1. The van der Waals surface area contributed by atoms with Crippen molar-refractivity contribution in [3.8, 4) is 5.75 Å². The summed E-state index contributed by atoms with van der Waals surface area (Å²) in [5.41, 5.74) is -1.19. The zero-order valence-corrected chi connectivity index (χ0v) is 10.9. The van der Waals surface area contributed by atoms with Crippen LogP contribution in [0.2, 0.25) is 5.02 Å². The molecule has 0 atom stereocenters. The van der Waals surface area contributed by atoms with Crippen molar-refractivity contribution in [2.24, 2.45) is 0 Å². The molecule has 0 unspecified atom stereocenters. The van der Waals surface area contributed by atoms with Crippen LogP contribution in [0.4, 0.5) is 0 Å². The van der Waals surface area contributed by atoms with E-state index in [1.807, 2.05) is 0 Å². The number of hydrogen-bond acceptors (Lipinski definition) is 3. The van der Waals surface area contributed by atoms with E-state index in [0.29, 0.717) is 17.9 Å². The third-order valence-corrected chi connectivity index (χ3v) is 3.66. The summed E-state index contributed by atoms with van der Waals surface area (Å²) < 4.78 is 0. The number of aliphatic carboxylic acids is 1. The molecule has 102 valence electrons. The smallest absolute Gasteiger partial charge is 0.329 e. The average molecular weight is 284 g/mol. The van der Waals surface area contributed by atoms with Gasteiger partial charge in [0.15, 0.2) is 0 Å². The lowest BCUT2D eigenvalue weighted by Gasteiger charge is -2.25. The molecule has 1 fully saturated rings. The normalized spacial score (nSPS) is 17.1. The molecule has 0 saturated heterocycles. The lowest BCUT2D eigenvalue weighted by molar-refractivity contribution is -0.144. The van der Waals surface area contributed by atoms with Gasteiger partial charge in [0, 0.05) is 5.02 Å². The maximum absolute atomic E-state index is 12.1. The van der Waals surface area contributed by atoms with Crippen LogP contribution in [0.15, 0.2) is 18.2 Å². The number of benzene rings is 1. The van der Waals surface area contributed by atoms with Crippen molar-refractivity contribution >= 4 is 23.5 Å². The van der Waals surface area contributed by atoms with Crippen molar-refractivity contribution < 1.29 is 19.8 Å². The summed E-state index contributed by atoms with van der Waals surface area (Å²) in [6, 6.07) is 4.09. The van der Waals surface area contributed by atoms with E-state index in [1.54, 1.807) is 0 Å². The first-order chi connectivity index (χ1) is 8.94. The third kappa shape index (κ3) is 2.66. The number of nitrogens with one attached hydrogen (secondary N) is 1. The lowest BCUT2D eigenvalue weighted by Crippen LogP contribution is -2.52. The molecule has 0 aliphatic heterocycles. The molecule has 1 aliphatic carbocycles. The highest BCUT2D eigenvalue weighted by Crippen LogP contribution is 2.31. The Morgan fingerprint density at radius 3 is 2.42 bits per heavy atom. The van der Waals surface area contributed by atoms with Gasteiger partial charge in [0.05, 0.1) is 5.56 Å². The van der Waals surface area contributed by atoms with Crippen molar-refractivity contribution in [1.29, 1.82) is 0 Å². The van der Waals surface area contributed by atoms with Crippen molar-refractivity contribution in [2.45, 2.75) is 31.2 Å². The van der Waals surface area contributed by atoms with Crippen molar-refractivity contribution in [3.05, 3.63) is 28.8 Å². The quantitative estimate of drug-likeness (QED) is 0.793. The molecule has 19 heavy (non-hydrogen) atoms. The van der Waals surface area contributed by atoms with Crippen LogP contribution in [0.3, 0.4) is 0 Å². The van der Waals surface area contributed by atoms with Crippen LogP contribution in [0.5, 0.6) is 5.75 Å². The fraction of sp³-hybridized carbons (Fsp3) is 0.385. The van der Waals surface area contributed by atoms with Crippen LogP contribution in [-0.2, 0) is 4.79 Å². The monoisotopic (exact) mass is 283 g/mol. The molecule has 1 saturated carbocycles. The minimum atomic E-state index is -1.22. The van der Waals surface area contributed by atoms with E-state index in [-0.39, 0.29) is 11.3 Å². The number of carboxylic acids is 1. The van der Waals surface area contributed by atoms with Crippen LogP contribution in [-0.4, -0.2) is 27.6 Å². The molecule has 0 bridgehead atoms. The second-order valence-corrected chi connectivity index (χ2v) is 5.15. The number of amides is 1. The number of carbonyl (C=O) groups is 2. The second kappa shape index (κ2) is 5.09. The van der Waals surface area contributed by atoms with E-state index in [4.69, 9.17) is 11.6 Å².